The van der Waals surface area contributed by atoms with E-state index in [0.717, 1.165) is 38.8 Å². The van der Waals surface area contributed by atoms with E-state index in [4.69, 9.17) is 0 Å². The van der Waals surface area contributed by atoms with Crippen LogP contribution in [0.3, 0.4) is 0 Å². The lowest BCUT2D eigenvalue weighted by molar-refractivity contribution is -0.142. The van der Waals surface area contributed by atoms with Gasteiger partial charge in [-0.1, -0.05) is 26.7 Å². The van der Waals surface area contributed by atoms with E-state index in [0.29, 0.717) is 11.9 Å². The molecule has 19 heavy (non-hydrogen) atoms. The Balaban J connectivity index is 2.10. The van der Waals surface area contributed by atoms with Crippen molar-refractivity contribution >= 4 is 5.91 Å². The average Bonchev–Trinajstić information content (AvgIpc) is 2.89. The zero-order valence-corrected chi connectivity index (χ0v) is 12.7. The molecule has 110 valence electrons. The lowest BCUT2D eigenvalue weighted by Crippen LogP contribution is -2.58. The third kappa shape index (κ3) is 3.13. The first kappa shape index (κ1) is 14.8. The fourth-order valence-corrected chi connectivity index (χ4v) is 3.91. The molecule has 2 saturated heterocycles. The van der Waals surface area contributed by atoms with Crippen LogP contribution in [0.2, 0.25) is 0 Å². The van der Waals surface area contributed by atoms with Gasteiger partial charge in [0, 0.05) is 12.6 Å². The van der Waals surface area contributed by atoms with Gasteiger partial charge in [0.25, 0.3) is 0 Å². The smallest absolute Gasteiger partial charge is 0.243 e. The standard InChI is InChI=1S/C16H30N2O/c1-3-8-14-9-5-6-13-18(14)15(19)16(10-4-2)11-7-12-17-16/h14,17H,3-13H2,1-2H3. The zero-order chi connectivity index (χ0) is 13.7. The van der Waals surface area contributed by atoms with Crippen LogP contribution < -0.4 is 5.32 Å². The lowest BCUT2D eigenvalue weighted by Gasteiger charge is -2.41. The summed E-state index contributed by atoms with van der Waals surface area (Å²) in [7, 11) is 0. The molecule has 0 bridgehead atoms. The third-order valence-corrected chi connectivity index (χ3v) is 4.84. The second-order valence-corrected chi connectivity index (χ2v) is 6.30. The first-order valence-electron chi connectivity index (χ1n) is 8.29. The Morgan fingerprint density at radius 3 is 2.74 bits per heavy atom. The molecule has 0 aromatic carbocycles. The molecule has 2 heterocycles. The molecule has 0 radical (unpaired) electrons. The third-order valence-electron chi connectivity index (χ3n) is 4.84. The predicted molar refractivity (Wildman–Crippen MR) is 79.1 cm³/mol. The van der Waals surface area contributed by atoms with Crippen molar-refractivity contribution in [2.24, 2.45) is 0 Å². The van der Waals surface area contributed by atoms with Crippen LogP contribution in [0.1, 0.15) is 71.6 Å². The van der Waals surface area contributed by atoms with E-state index in [9.17, 15) is 4.79 Å². The molecular weight excluding hydrogens is 236 g/mol. The molecule has 1 N–H and O–H groups in total. The summed E-state index contributed by atoms with van der Waals surface area (Å²) in [5.74, 6) is 0.407. The first-order chi connectivity index (χ1) is 9.23. The molecule has 0 aromatic rings. The first-order valence-corrected chi connectivity index (χ1v) is 8.29. The number of piperidine rings is 1. The van der Waals surface area contributed by atoms with Gasteiger partial charge in [-0.2, -0.15) is 0 Å². The minimum absolute atomic E-state index is 0.224. The minimum Gasteiger partial charge on any atom is -0.338 e. The molecule has 0 saturated carbocycles. The van der Waals surface area contributed by atoms with Crippen molar-refractivity contribution in [3.05, 3.63) is 0 Å². The Hall–Kier alpha value is -0.570. The van der Waals surface area contributed by atoms with Crippen LogP contribution in [-0.4, -0.2) is 35.5 Å². The van der Waals surface area contributed by atoms with E-state index in [-0.39, 0.29) is 5.54 Å². The fraction of sp³-hybridized carbons (Fsp3) is 0.938. The molecular formula is C16H30N2O. The number of likely N-dealkylation sites (tertiary alicyclic amines) is 1. The van der Waals surface area contributed by atoms with E-state index in [1.54, 1.807) is 0 Å². The van der Waals surface area contributed by atoms with Crippen molar-refractivity contribution in [3.63, 3.8) is 0 Å². The number of hydrogen-bond donors (Lipinski definition) is 1. The maximum Gasteiger partial charge on any atom is 0.243 e. The SMILES string of the molecule is CCCC1CCCCN1C(=O)C1(CCC)CCCN1. The molecule has 2 atom stereocenters. The van der Waals surface area contributed by atoms with Gasteiger partial charge in [-0.25, -0.2) is 0 Å². The highest BCUT2D eigenvalue weighted by Crippen LogP contribution is 2.31. The van der Waals surface area contributed by atoms with Crippen molar-refractivity contribution < 1.29 is 4.79 Å². The summed E-state index contributed by atoms with van der Waals surface area (Å²) in [5.41, 5.74) is -0.224. The molecule has 3 heteroatoms. The predicted octanol–water partition coefficient (Wildman–Crippen LogP) is 3.09. The van der Waals surface area contributed by atoms with Crippen LogP contribution in [0.25, 0.3) is 0 Å². The van der Waals surface area contributed by atoms with Gasteiger partial charge >= 0.3 is 0 Å². The van der Waals surface area contributed by atoms with Gasteiger partial charge < -0.3 is 10.2 Å². The number of hydrogen-bond acceptors (Lipinski definition) is 2. The Morgan fingerprint density at radius 1 is 1.26 bits per heavy atom. The molecule has 2 unspecified atom stereocenters. The molecule has 1 amide bonds. The van der Waals surface area contributed by atoms with Crippen molar-refractivity contribution in [3.8, 4) is 0 Å². The monoisotopic (exact) mass is 266 g/mol. The summed E-state index contributed by atoms with van der Waals surface area (Å²) >= 11 is 0. The summed E-state index contributed by atoms with van der Waals surface area (Å²) in [6.45, 7) is 6.41. The highest BCUT2D eigenvalue weighted by molar-refractivity contribution is 5.87. The largest absolute Gasteiger partial charge is 0.338 e. The van der Waals surface area contributed by atoms with Crippen LogP contribution in [0.4, 0.5) is 0 Å². The van der Waals surface area contributed by atoms with Crippen molar-refractivity contribution in [2.45, 2.75) is 83.2 Å². The molecule has 0 spiro atoms. The number of nitrogens with zero attached hydrogens (tertiary/aromatic N) is 1. The Bertz CT molecular complexity index is 295. The lowest BCUT2D eigenvalue weighted by atomic mass is 9.87. The summed E-state index contributed by atoms with van der Waals surface area (Å²) in [6, 6.07) is 0.502. The minimum atomic E-state index is -0.224. The van der Waals surface area contributed by atoms with Crippen molar-refractivity contribution in [2.75, 3.05) is 13.1 Å². The Morgan fingerprint density at radius 2 is 2.11 bits per heavy atom. The zero-order valence-electron chi connectivity index (χ0n) is 12.7. The van der Waals surface area contributed by atoms with Gasteiger partial charge in [0.15, 0.2) is 0 Å². The van der Waals surface area contributed by atoms with E-state index in [1.165, 1.54) is 32.1 Å². The van der Waals surface area contributed by atoms with Gasteiger partial charge in [-0.15, -0.1) is 0 Å². The van der Waals surface area contributed by atoms with Gasteiger partial charge in [-0.3, -0.25) is 4.79 Å². The molecule has 0 aliphatic carbocycles. The Labute approximate surface area is 118 Å². The quantitative estimate of drug-likeness (QED) is 0.829. The molecule has 2 rings (SSSR count). The number of rotatable bonds is 5. The van der Waals surface area contributed by atoms with E-state index >= 15 is 0 Å². The van der Waals surface area contributed by atoms with Crippen molar-refractivity contribution in [1.82, 2.24) is 10.2 Å². The van der Waals surface area contributed by atoms with Crippen LogP contribution >= 0.6 is 0 Å². The highest BCUT2D eigenvalue weighted by atomic mass is 16.2. The normalized spacial score (nSPS) is 31.7. The van der Waals surface area contributed by atoms with Gasteiger partial charge in [0.1, 0.15) is 0 Å². The maximum atomic E-state index is 13.1. The molecule has 3 nitrogen and oxygen atoms in total. The molecule has 0 aromatic heterocycles. The van der Waals surface area contributed by atoms with Gasteiger partial charge in [-0.05, 0) is 51.5 Å². The average molecular weight is 266 g/mol. The number of amides is 1. The fourth-order valence-electron chi connectivity index (χ4n) is 3.91. The van der Waals surface area contributed by atoms with Crippen LogP contribution in [0.15, 0.2) is 0 Å². The van der Waals surface area contributed by atoms with E-state index < -0.39 is 0 Å². The Kier molecular flexibility index (Phi) is 5.26. The summed E-state index contributed by atoms with van der Waals surface area (Å²) in [4.78, 5) is 15.3. The second kappa shape index (κ2) is 6.74. The second-order valence-electron chi connectivity index (χ2n) is 6.30. The maximum absolute atomic E-state index is 13.1. The van der Waals surface area contributed by atoms with Crippen molar-refractivity contribution in [1.29, 1.82) is 0 Å². The number of nitrogens with one attached hydrogen (secondary N) is 1. The van der Waals surface area contributed by atoms with Crippen LogP contribution in [0, 0.1) is 0 Å². The molecule has 2 fully saturated rings. The van der Waals surface area contributed by atoms with E-state index in [1.807, 2.05) is 0 Å². The highest BCUT2D eigenvalue weighted by Gasteiger charge is 2.44. The topological polar surface area (TPSA) is 32.3 Å². The summed E-state index contributed by atoms with van der Waals surface area (Å²) in [6.07, 6.45) is 10.3. The van der Waals surface area contributed by atoms with Crippen LogP contribution in [-0.2, 0) is 4.79 Å². The van der Waals surface area contributed by atoms with Crippen LogP contribution in [0.5, 0.6) is 0 Å². The summed E-state index contributed by atoms with van der Waals surface area (Å²) < 4.78 is 0. The molecule has 2 aliphatic heterocycles. The van der Waals surface area contributed by atoms with E-state index in [2.05, 4.69) is 24.1 Å². The summed E-state index contributed by atoms with van der Waals surface area (Å²) in [5, 5.41) is 3.54. The van der Waals surface area contributed by atoms with Gasteiger partial charge in [0.2, 0.25) is 5.91 Å². The van der Waals surface area contributed by atoms with Gasteiger partial charge in [0.05, 0.1) is 5.54 Å². The molecule has 2 aliphatic rings. The number of carbonyl (C=O) groups is 1. The number of carbonyl (C=O) groups excluding carboxylic acids is 1.